The molecule has 0 aromatic carbocycles. The first-order valence-electron chi connectivity index (χ1n) is 42.2. The van der Waals surface area contributed by atoms with Gasteiger partial charge in [-0.05, 0) is 31.6 Å². The van der Waals surface area contributed by atoms with Gasteiger partial charge >= 0.3 is 39.5 Å². The van der Waals surface area contributed by atoms with Gasteiger partial charge in [0.2, 0.25) is 0 Å². The third kappa shape index (κ3) is 73.0. The standard InChI is InChI=1S/C81H158O17P2/c1-6-10-13-16-19-22-24-26-27-33-37-40-45-50-55-60-65-79(84)92-71-77(98-81(86)67-62-57-52-47-42-38-34-31-29-28-30-32-36-39-44-48-53-58-63-74(5)9-4)73-96-100(89,90)94-69-75(82)68-93-99(87,88)95-72-76(70-91-78(83)64-59-54-49-43-21-18-15-12-8-3)97-80(85)66-61-56-51-46-41-35-25-23-20-17-14-11-7-2/h74-77,82H,6-73H2,1-5H3,(H,87,88)(H,89,90)/t74?,75-,76+,77+/m0/s1. The Bertz CT molecular complexity index is 1910. The van der Waals surface area contributed by atoms with Crippen molar-refractivity contribution in [1.29, 1.82) is 0 Å². The molecule has 0 saturated carbocycles. The van der Waals surface area contributed by atoms with Crippen LogP contribution in [0.25, 0.3) is 0 Å². The molecule has 3 N–H and O–H groups in total. The monoisotopic (exact) mass is 1470 g/mol. The van der Waals surface area contributed by atoms with Gasteiger partial charge in [-0.2, -0.15) is 0 Å². The Morgan fingerprint density at radius 1 is 0.280 bits per heavy atom. The summed E-state index contributed by atoms with van der Waals surface area (Å²) in [5.74, 6) is -1.24. The van der Waals surface area contributed by atoms with Crippen LogP contribution in [-0.2, 0) is 65.4 Å². The second-order valence-corrected chi connectivity index (χ2v) is 32.3. The van der Waals surface area contributed by atoms with Crippen LogP contribution in [0.1, 0.15) is 433 Å². The highest BCUT2D eigenvalue weighted by molar-refractivity contribution is 7.47. The molecule has 0 aliphatic rings. The van der Waals surface area contributed by atoms with E-state index in [0.717, 1.165) is 95.8 Å². The predicted octanol–water partition coefficient (Wildman–Crippen LogP) is 24.4. The molecule has 19 heteroatoms. The summed E-state index contributed by atoms with van der Waals surface area (Å²) in [6, 6.07) is 0. The molecule has 6 atom stereocenters. The van der Waals surface area contributed by atoms with Gasteiger partial charge in [0, 0.05) is 25.7 Å². The Hall–Kier alpha value is -1.94. The lowest BCUT2D eigenvalue weighted by Gasteiger charge is -2.21. The molecule has 0 fully saturated rings. The highest BCUT2D eigenvalue weighted by Gasteiger charge is 2.30. The molecule has 0 aliphatic heterocycles. The third-order valence-corrected chi connectivity index (χ3v) is 21.3. The number of hydrogen-bond acceptors (Lipinski definition) is 15. The fourth-order valence-corrected chi connectivity index (χ4v) is 14.1. The van der Waals surface area contributed by atoms with Crippen LogP contribution in [0.2, 0.25) is 0 Å². The Kier molecular flexibility index (Phi) is 72.5. The summed E-state index contributed by atoms with van der Waals surface area (Å²) >= 11 is 0. The van der Waals surface area contributed by atoms with Crippen LogP contribution < -0.4 is 0 Å². The Balaban J connectivity index is 5.19. The summed E-state index contributed by atoms with van der Waals surface area (Å²) in [5.41, 5.74) is 0. The van der Waals surface area contributed by atoms with Crippen molar-refractivity contribution in [2.24, 2.45) is 5.92 Å². The predicted molar refractivity (Wildman–Crippen MR) is 409 cm³/mol. The number of carbonyl (C=O) groups is 4. The van der Waals surface area contributed by atoms with Crippen molar-refractivity contribution in [3.8, 4) is 0 Å². The Morgan fingerprint density at radius 2 is 0.480 bits per heavy atom. The third-order valence-electron chi connectivity index (χ3n) is 19.4. The Morgan fingerprint density at radius 3 is 0.710 bits per heavy atom. The maximum atomic E-state index is 13.1. The molecule has 17 nitrogen and oxygen atoms in total. The average Bonchev–Trinajstić information content (AvgIpc) is 1.00. The van der Waals surface area contributed by atoms with E-state index in [1.165, 1.54) is 257 Å². The van der Waals surface area contributed by atoms with Crippen LogP contribution in [0.4, 0.5) is 0 Å². The second kappa shape index (κ2) is 73.9. The van der Waals surface area contributed by atoms with E-state index in [2.05, 4.69) is 34.6 Å². The highest BCUT2D eigenvalue weighted by atomic mass is 31.2. The molecule has 100 heavy (non-hydrogen) atoms. The largest absolute Gasteiger partial charge is 0.472 e. The maximum Gasteiger partial charge on any atom is 0.472 e. The number of esters is 4. The Labute approximate surface area is 613 Å². The van der Waals surface area contributed by atoms with Crippen LogP contribution >= 0.6 is 15.6 Å². The number of ether oxygens (including phenoxy) is 4. The van der Waals surface area contributed by atoms with E-state index < -0.39 is 97.5 Å². The van der Waals surface area contributed by atoms with Crippen molar-refractivity contribution in [3.63, 3.8) is 0 Å². The highest BCUT2D eigenvalue weighted by Crippen LogP contribution is 2.45. The summed E-state index contributed by atoms with van der Waals surface area (Å²) in [4.78, 5) is 72.9. The fraction of sp³-hybridized carbons (Fsp3) is 0.951. The van der Waals surface area contributed by atoms with E-state index in [9.17, 15) is 43.2 Å². The van der Waals surface area contributed by atoms with E-state index in [1.54, 1.807) is 0 Å². The van der Waals surface area contributed by atoms with Gasteiger partial charge in [0.05, 0.1) is 26.4 Å². The smallest absolute Gasteiger partial charge is 0.462 e. The van der Waals surface area contributed by atoms with E-state index in [0.29, 0.717) is 25.7 Å². The molecule has 3 unspecified atom stereocenters. The molecular weight excluding hydrogens is 1310 g/mol. The zero-order valence-corrected chi connectivity index (χ0v) is 67.1. The lowest BCUT2D eigenvalue weighted by molar-refractivity contribution is -0.161. The van der Waals surface area contributed by atoms with Crippen molar-refractivity contribution in [3.05, 3.63) is 0 Å². The molecule has 0 bridgehead atoms. The van der Waals surface area contributed by atoms with E-state index >= 15 is 0 Å². The molecule has 0 aliphatic carbocycles. The SMILES string of the molecule is CCCCCCCCCCCCCCCCCCC(=O)OC[C@H](COP(=O)(O)OC[C@@H](O)COP(=O)(O)OC[C@@H](COC(=O)CCCCCCCCCCC)OC(=O)CCCCCCCCCCCCCCC)OC(=O)CCCCCCCCCCCCCCCCCCCCC(C)CC. The number of aliphatic hydroxyl groups is 1. The zero-order chi connectivity index (χ0) is 73.4. The van der Waals surface area contributed by atoms with Gasteiger partial charge in [0.1, 0.15) is 19.3 Å². The first kappa shape index (κ1) is 98.1. The molecular formula is C81H158O17P2. The number of aliphatic hydroxyl groups excluding tert-OH is 1. The van der Waals surface area contributed by atoms with Gasteiger partial charge in [0.15, 0.2) is 12.2 Å². The van der Waals surface area contributed by atoms with Gasteiger partial charge in [-0.25, -0.2) is 9.13 Å². The van der Waals surface area contributed by atoms with Crippen LogP contribution in [0.15, 0.2) is 0 Å². The summed E-state index contributed by atoms with van der Waals surface area (Å²) in [6.45, 7) is 7.38. The number of carbonyl (C=O) groups excluding carboxylic acids is 4. The molecule has 594 valence electrons. The zero-order valence-electron chi connectivity index (χ0n) is 65.3. The molecule has 0 aromatic rings. The van der Waals surface area contributed by atoms with Crippen molar-refractivity contribution in [2.45, 2.75) is 451 Å². The van der Waals surface area contributed by atoms with Gasteiger partial charge in [-0.15, -0.1) is 0 Å². The molecule has 0 aromatic heterocycles. The fourth-order valence-electron chi connectivity index (χ4n) is 12.6. The lowest BCUT2D eigenvalue weighted by atomic mass is 9.99. The number of hydrogen-bond donors (Lipinski definition) is 3. The van der Waals surface area contributed by atoms with Crippen molar-refractivity contribution < 1.29 is 80.2 Å². The molecule has 0 spiro atoms. The van der Waals surface area contributed by atoms with Crippen molar-refractivity contribution in [1.82, 2.24) is 0 Å². The van der Waals surface area contributed by atoms with Gasteiger partial charge in [-0.1, -0.05) is 381 Å². The van der Waals surface area contributed by atoms with Crippen LogP contribution in [0.5, 0.6) is 0 Å². The molecule has 0 amide bonds. The number of phosphoric ester groups is 2. The number of phosphoric acid groups is 2. The van der Waals surface area contributed by atoms with E-state index in [-0.39, 0.29) is 25.7 Å². The van der Waals surface area contributed by atoms with Crippen molar-refractivity contribution in [2.75, 3.05) is 39.6 Å². The maximum absolute atomic E-state index is 13.1. The number of rotatable bonds is 81. The minimum Gasteiger partial charge on any atom is -0.462 e. The molecule has 0 rings (SSSR count). The second-order valence-electron chi connectivity index (χ2n) is 29.4. The summed E-state index contributed by atoms with van der Waals surface area (Å²) in [7, 11) is -9.91. The van der Waals surface area contributed by atoms with Crippen molar-refractivity contribution >= 4 is 39.5 Å². The van der Waals surface area contributed by atoms with Crippen LogP contribution in [0.3, 0.4) is 0 Å². The van der Waals surface area contributed by atoms with Crippen LogP contribution in [0, 0.1) is 5.92 Å². The topological polar surface area (TPSA) is 237 Å². The van der Waals surface area contributed by atoms with Gasteiger partial charge < -0.3 is 33.8 Å². The average molecular weight is 1470 g/mol. The first-order valence-corrected chi connectivity index (χ1v) is 45.2. The minimum atomic E-state index is -4.96. The normalized spacial score (nSPS) is 14.1. The summed E-state index contributed by atoms with van der Waals surface area (Å²) < 4.78 is 68.7. The molecule has 0 saturated heterocycles. The summed E-state index contributed by atoms with van der Waals surface area (Å²) in [5, 5.41) is 10.6. The van der Waals surface area contributed by atoms with E-state index in [4.69, 9.17) is 37.0 Å². The molecule has 0 heterocycles. The quantitative estimate of drug-likeness (QED) is 0.0222. The van der Waals surface area contributed by atoms with Gasteiger partial charge in [0.25, 0.3) is 0 Å². The number of unbranched alkanes of at least 4 members (excludes halogenated alkanes) is 52. The lowest BCUT2D eigenvalue weighted by Crippen LogP contribution is -2.30. The molecule has 0 radical (unpaired) electrons. The van der Waals surface area contributed by atoms with E-state index in [1.807, 2.05) is 0 Å². The summed E-state index contributed by atoms with van der Waals surface area (Å²) in [6.07, 6.45) is 65.1. The first-order chi connectivity index (χ1) is 48.6. The minimum absolute atomic E-state index is 0.108. The van der Waals surface area contributed by atoms with Crippen LogP contribution in [-0.4, -0.2) is 96.7 Å². The van der Waals surface area contributed by atoms with Gasteiger partial charge in [-0.3, -0.25) is 37.3 Å².